The molecule has 5 nitrogen and oxygen atoms in total. The summed E-state index contributed by atoms with van der Waals surface area (Å²) in [5.74, 6) is -0.815. The summed E-state index contributed by atoms with van der Waals surface area (Å²) in [6.45, 7) is 5.79. The standard InChI is InChI=1S/C21H18FN3O2S/c1-11-9-14(13(3)28-11)17-10-15(19-12(2)24-27-20(19)23-17)21(26)25(4)18-8-6-5-7-16(18)22/h5-10H,1-4H3. The van der Waals surface area contributed by atoms with E-state index in [2.05, 4.69) is 10.1 Å². The molecule has 0 spiro atoms. The van der Waals surface area contributed by atoms with E-state index in [1.807, 2.05) is 19.9 Å². The molecule has 0 saturated carbocycles. The summed E-state index contributed by atoms with van der Waals surface area (Å²) in [7, 11) is 1.55. The van der Waals surface area contributed by atoms with Gasteiger partial charge in [-0.15, -0.1) is 11.3 Å². The van der Waals surface area contributed by atoms with Crippen LogP contribution in [0, 0.1) is 26.6 Å². The van der Waals surface area contributed by atoms with Gasteiger partial charge in [0, 0.05) is 22.4 Å². The van der Waals surface area contributed by atoms with Crippen LogP contribution in [-0.4, -0.2) is 23.1 Å². The van der Waals surface area contributed by atoms with Crippen molar-refractivity contribution in [1.82, 2.24) is 10.1 Å². The number of benzene rings is 1. The van der Waals surface area contributed by atoms with Gasteiger partial charge >= 0.3 is 0 Å². The lowest BCUT2D eigenvalue weighted by atomic mass is 10.0. The Morgan fingerprint density at radius 2 is 1.93 bits per heavy atom. The molecule has 7 heteroatoms. The third-order valence-corrected chi connectivity index (χ3v) is 5.65. The molecule has 0 unspecified atom stereocenters. The molecule has 0 aliphatic rings. The minimum Gasteiger partial charge on any atom is -0.335 e. The molecular weight excluding hydrogens is 377 g/mol. The highest BCUT2D eigenvalue weighted by Gasteiger charge is 2.24. The van der Waals surface area contributed by atoms with Gasteiger partial charge in [0.05, 0.1) is 28.0 Å². The van der Waals surface area contributed by atoms with E-state index in [9.17, 15) is 9.18 Å². The van der Waals surface area contributed by atoms with Gasteiger partial charge in [-0.1, -0.05) is 17.3 Å². The van der Waals surface area contributed by atoms with Crippen LogP contribution in [0.2, 0.25) is 0 Å². The maximum Gasteiger partial charge on any atom is 0.259 e. The Kier molecular flexibility index (Phi) is 4.47. The zero-order chi connectivity index (χ0) is 20.0. The second-order valence-electron chi connectivity index (χ2n) is 6.65. The highest BCUT2D eigenvalue weighted by atomic mass is 32.1. The van der Waals surface area contributed by atoms with Crippen molar-refractivity contribution in [3.63, 3.8) is 0 Å². The van der Waals surface area contributed by atoms with E-state index in [-0.39, 0.29) is 11.6 Å². The normalized spacial score (nSPS) is 11.2. The lowest BCUT2D eigenvalue weighted by Crippen LogP contribution is -2.27. The Morgan fingerprint density at radius 1 is 1.18 bits per heavy atom. The molecule has 0 N–H and O–H groups in total. The van der Waals surface area contributed by atoms with Crippen LogP contribution < -0.4 is 4.90 Å². The summed E-state index contributed by atoms with van der Waals surface area (Å²) in [6, 6.07) is 9.95. The summed E-state index contributed by atoms with van der Waals surface area (Å²) >= 11 is 1.66. The molecule has 28 heavy (non-hydrogen) atoms. The smallest absolute Gasteiger partial charge is 0.259 e. The second kappa shape index (κ2) is 6.83. The van der Waals surface area contributed by atoms with Crippen LogP contribution in [0.3, 0.4) is 0 Å². The SMILES string of the molecule is Cc1cc(-c2cc(C(=O)N(C)c3ccccc3F)c3c(C)noc3n2)c(C)s1. The predicted molar refractivity (Wildman–Crippen MR) is 108 cm³/mol. The molecule has 3 heterocycles. The van der Waals surface area contributed by atoms with Crippen molar-refractivity contribution in [3.05, 3.63) is 63.2 Å². The maximum absolute atomic E-state index is 14.2. The van der Waals surface area contributed by atoms with Crippen molar-refractivity contribution >= 4 is 34.0 Å². The molecule has 0 radical (unpaired) electrons. The summed E-state index contributed by atoms with van der Waals surface area (Å²) in [6.07, 6.45) is 0. The number of hydrogen-bond donors (Lipinski definition) is 0. The van der Waals surface area contributed by atoms with Crippen molar-refractivity contribution in [3.8, 4) is 11.3 Å². The molecule has 142 valence electrons. The quantitative estimate of drug-likeness (QED) is 0.473. The summed E-state index contributed by atoms with van der Waals surface area (Å²) < 4.78 is 19.6. The molecule has 0 fully saturated rings. The number of hydrogen-bond acceptors (Lipinski definition) is 5. The number of amides is 1. The highest BCUT2D eigenvalue weighted by Crippen LogP contribution is 2.33. The summed E-state index contributed by atoms with van der Waals surface area (Å²) in [4.78, 5) is 21.4. The zero-order valence-electron chi connectivity index (χ0n) is 15.9. The van der Waals surface area contributed by atoms with Crippen LogP contribution in [0.1, 0.15) is 25.8 Å². The highest BCUT2D eigenvalue weighted by molar-refractivity contribution is 7.12. The van der Waals surface area contributed by atoms with Crippen molar-refractivity contribution in [2.75, 3.05) is 11.9 Å². The van der Waals surface area contributed by atoms with Crippen LogP contribution in [0.15, 0.2) is 40.9 Å². The maximum atomic E-state index is 14.2. The predicted octanol–water partition coefficient (Wildman–Crippen LogP) is 5.29. The zero-order valence-corrected chi connectivity index (χ0v) is 16.7. The molecule has 0 saturated heterocycles. The van der Waals surface area contributed by atoms with Crippen molar-refractivity contribution in [2.45, 2.75) is 20.8 Å². The van der Waals surface area contributed by atoms with E-state index in [0.29, 0.717) is 28.1 Å². The van der Waals surface area contributed by atoms with Gasteiger partial charge < -0.3 is 9.42 Å². The number of halogens is 1. The number of nitrogens with zero attached hydrogens (tertiary/aromatic N) is 3. The van der Waals surface area contributed by atoms with Gasteiger partial charge in [-0.05, 0) is 45.0 Å². The number of fused-ring (bicyclic) bond motifs is 1. The Morgan fingerprint density at radius 3 is 2.61 bits per heavy atom. The van der Waals surface area contributed by atoms with Gasteiger partial charge in [0.15, 0.2) is 0 Å². The van der Waals surface area contributed by atoms with Crippen LogP contribution in [0.4, 0.5) is 10.1 Å². The van der Waals surface area contributed by atoms with Gasteiger partial charge in [0.2, 0.25) is 0 Å². The number of pyridine rings is 1. The van der Waals surface area contributed by atoms with Gasteiger partial charge in [-0.25, -0.2) is 9.37 Å². The van der Waals surface area contributed by atoms with Gasteiger partial charge in [0.1, 0.15) is 5.82 Å². The number of carbonyl (C=O) groups is 1. The third kappa shape index (κ3) is 2.97. The van der Waals surface area contributed by atoms with E-state index in [1.165, 1.54) is 11.0 Å². The average Bonchev–Trinajstić information content (AvgIpc) is 3.22. The van der Waals surface area contributed by atoms with E-state index < -0.39 is 5.82 Å². The molecule has 0 aliphatic carbocycles. The number of anilines is 1. The van der Waals surface area contributed by atoms with E-state index >= 15 is 0 Å². The van der Waals surface area contributed by atoms with Gasteiger partial charge in [0.25, 0.3) is 11.6 Å². The number of aryl methyl sites for hydroxylation is 3. The number of para-hydroxylation sites is 1. The first kappa shape index (κ1) is 18.3. The lowest BCUT2D eigenvalue weighted by molar-refractivity contribution is 0.0993. The first-order valence-electron chi connectivity index (χ1n) is 8.74. The van der Waals surface area contributed by atoms with Crippen LogP contribution >= 0.6 is 11.3 Å². The van der Waals surface area contributed by atoms with Crippen molar-refractivity contribution in [2.24, 2.45) is 0 Å². The minimum absolute atomic E-state index is 0.204. The molecule has 0 bridgehead atoms. The Hall–Kier alpha value is -3.06. The fourth-order valence-electron chi connectivity index (χ4n) is 3.30. The monoisotopic (exact) mass is 395 g/mol. The van der Waals surface area contributed by atoms with E-state index in [0.717, 1.165) is 15.3 Å². The minimum atomic E-state index is -0.463. The number of rotatable bonds is 3. The Labute approximate surface area is 165 Å². The summed E-state index contributed by atoms with van der Waals surface area (Å²) in [5.41, 5.74) is 3.03. The average molecular weight is 395 g/mol. The van der Waals surface area contributed by atoms with Gasteiger partial charge in [-0.2, -0.15) is 0 Å². The van der Waals surface area contributed by atoms with E-state index in [4.69, 9.17) is 4.52 Å². The fraction of sp³-hybridized carbons (Fsp3) is 0.190. The first-order chi connectivity index (χ1) is 13.4. The molecule has 1 aromatic carbocycles. The molecule has 4 rings (SSSR count). The molecule has 0 aliphatic heterocycles. The number of thiophene rings is 1. The van der Waals surface area contributed by atoms with Crippen LogP contribution in [-0.2, 0) is 0 Å². The van der Waals surface area contributed by atoms with Gasteiger partial charge in [-0.3, -0.25) is 4.79 Å². The van der Waals surface area contributed by atoms with Crippen LogP contribution in [0.5, 0.6) is 0 Å². The molecule has 1 amide bonds. The molecule has 0 atom stereocenters. The second-order valence-corrected chi connectivity index (χ2v) is 8.11. The number of aromatic nitrogens is 2. The Bertz CT molecular complexity index is 1210. The molecule has 4 aromatic rings. The van der Waals surface area contributed by atoms with E-state index in [1.54, 1.807) is 49.6 Å². The fourth-order valence-corrected chi connectivity index (χ4v) is 4.23. The van der Waals surface area contributed by atoms with Crippen molar-refractivity contribution in [1.29, 1.82) is 0 Å². The summed E-state index contributed by atoms with van der Waals surface area (Å²) in [5, 5.41) is 4.51. The lowest BCUT2D eigenvalue weighted by Gasteiger charge is -2.18. The van der Waals surface area contributed by atoms with Crippen molar-refractivity contribution < 1.29 is 13.7 Å². The molecule has 3 aromatic heterocycles. The van der Waals surface area contributed by atoms with Crippen LogP contribution in [0.25, 0.3) is 22.4 Å². The number of carbonyl (C=O) groups excluding carboxylic acids is 1. The first-order valence-corrected chi connectivity index (χ1v) is 9.55. The topological polar surface area (TPSA) is 59.2 Å². The third-order valence-electron chi connectivity index (χ3n) is 4.68. The molecular formula is C21H18FN3O2S. The largest absolute Gasteiger partial charge is 0.335 e. The Balaban J connectivity index is 1.90.